The molecular weight excluding hydrogens is 315 g/mol. The Balaban J connectivity index is 2.71. The van der Waals surface area contributed by atoms with E-state index in [1.807, 2.05) is 0 Å². The average molecular weight is 325 g/mol. The third-order valence-corrected chi connectivity index (χ3v) is 3.30. The number of hydrogen-bond donors (Lipinski definition) is 2. The van der Waals surface area contributed by atoms with E-state index in [0.717, 1.165) is 6.07 Å². The van der Waals surface area contributed by atoms with E-state index in [1.54, 1.807) is 0 Å². The van der Waals surface area contributed by atoms with Crippen LogP contribution in [0.2, 0.25) is 0 Å². The summed E-state index contributed by atoms with van der Waals surface area (Å²) < 4.78 is 34.9. The molecule has 1 rings (SSSR count). The molecule has 0 aliphatic rings. The SMILES string of the molecule is NS(=O)(=O)CCNC(=O)c1c(F)cccc1Br. The van der Waals surface area contributed by atoms with E-state index in [2.05, 4.69) is 21.2 Å². The molecule has 94 valence electrons. The molecule has 0 saturated heterocycles. The number of carbonyl (C=O) groups is 1. The number of hydrogen-bond acceptors (Lipinski definition) is 3. The summed E-state index contributed by atoms with van der Waals surface area (Å²) >= 11 is 3.04. The van der Waals surface area contributed by atoms with Crippen LogP contribution >= 0.6 is 15.9 Å². The minimum absolute atomic E-state index is 0.165. The highest BCUT2D eigenvalue weighted by atomic mass is 79.9. The third-order valence-electron chi connectivity index (χ3n) is 1.86. The quantitative estimate of drug-likeness (QED) is 0.850. The van der Waals surface area contributed by atoms with Gasteiger partial charge in [0.2, 0.25) is 10.0 Å². The van der Waals surface area contributed by atoms with Crippen LogP contribution in [0, 0.1) is 5.82 Å². The average Bonchev–Trinajstić information content (AvgIpc) is 2.15. The van der Waals surface area contributed by atoms with Crippen LogP contribution in [0.15, 0.2) is 22.7 Å². The van der Waals surface area contributed by atoms with E-state index in [-0.39, 0.29) is 12.1 Å². The Labute approximate surface area is 106 Å². The van der Waals surface area contributed by atoms with Gasteiger partial charge in [0.05, 0.1) is 11.3 Å². The maximum atomic E-state index is 13.3. The van der Waals surface area contributed by atoms with Gasteiger partial charge >= 0.3 is 0 Å². The lowest BCUT2D eigenvalue weighted by Gasteiger charge is -2.06. The van der Waals surface area contributed by atoms with Gasteiger partial charge in [-0.05, 0) is 28.1 Å². The smallest absolute Gasteiger partial charge is 0.255 e. The van der Waals surface area contributed by atoms with Crippen molar-refractivity contribution in [2.75, 3.05) is 12.3 Å². The van der Waals surface area contributed by atoms with Crippen molar-refractivity contribution in [3.05, 3.63) is 34.1 Å². The standard InChI is InChI=1S/C9H10BrFN2O3S/c10-6-2-1-3-7(11)8(6)9(14)13-4-5-17(12,15)16/h1-3H,4-5H2,(H,13,14)(H2,12,15,16). The van der Waals surface area contributed by atoms with Gasteiger partial charge in [0, 0.05) is 11.0 Å². The van der Waals surface area contributed by atoms with Gasteiger partial charge in [-0.1, -0.05) is 6.07 Å². The normalized spacial score (nSPS) is 11.2. The molecule has 0 saturated carbocycles. The Hall–Kier alpha value is -0.990. The number of benzene rings is 1. The fourth-order valence-electron chi connectivity index (χ4n) is 1.11. The zero-order chi connectivity index (χ0) is 13.1. The van der Waals surface area contributed by atoms with Crippen molar-refractivity contribution in [3.63, 3.8) is 0 Å². The van der Waals surface area contributed by atoms with Crippen LogP contribution < -0.4 is 10.5 Å². The first-order valence-corrected chi connectivity index (χ1v) is 7.05. The second-order valence-electron chi connectivity index (χ2n) is 3.22. The largest absolute Gasteiger partial charge is 0.351 e. The molecule has 0 aromatic heterocycles. The second-order valence-corrected chi connectivity index (χ2v) is 5.81. The maximum Gasteiger partial charge on any atom is 0.255 e. The fourth-order valence-corrected chi connectivity index (χ4v) is 2.02. The predicted octanol–water partition coefficient (Wildman–Crippen LogP) is 0.607. The number of sulfonamides is 1. The molecule has 1 aromatic carbocycles. The lowest BCUT2D eigenvalue weighted by Crippen LogP contribution is -2.32. The highest BCUT2D eigenvalue weighted by Gasteiger charge is 2.15. The topological polar surface area (TPSA) is 89.3 Å². The van der Waals surface area contributed by atoms with Gasteiger partial charge in [0.25, 0.3) is 5.91 Å². The Kier molecular flexibility index (Phi) is 4.61. The highest BCUT2D eigenvalue weighted by Crippen LogP contribution is 2.19. The summed E-state index contributed by atoms with van der Waals surface area (Å²) in [6.45, 7) is -0.168. The molecule has 0 aliphatic carbocycles. The number of amides is 1. The van der Waals surface area contributed by atoms with Crippen LogP contribution in [-0.4, -0.2) is 26.6 Å². The molecule has 0 atom stereocenters. The molecule has 17 heavy (non-hydrogen) atoms. The third kappa shape index (κ3) is 4.41. The number of primary sulfonamides is 1. The van der Waals surface area contributed by atoms with Crippen molar-refractivity contribution in [3.8, 4) is 0 Å². The van der Waals surface area contributed by atoms with Crippen LogP contribution in [0.5, 0.6) is 0 Å². The summed E-state index contributed by atoms with van der Waals surface area (Å²) in [6, 6.07) is 4.09. The summed E-state index contributed by atoms with van der Waals surface area (Å²) in [4.78, 5) is 11.6. The summed E-state index contributed by atoms with van der Waals surface area (Å²) in [5.41, 5.74) is -0.165. The molecule has 8 heteroatoms. The van der Waals surface area contributed by atoms with Crippen LogP contribution in [0.4, 0.5) is 4.39 Å². The Morgan fingerprint density at radius 1 is 1.47 bits per heavy atom. The summed E-state index contributed by atoms with van der Waals surface area (Å²) in [5, 5.41) is 7.03. The van der Waals surface area contributed by atoms with Crippen LogP contribution in [0.3, 0.4) is 0 Å². The van der Waals surface area contributed by atoms with Crippen molar-refractivity contribution in [2.24, 2.45) is 5.14 Å². The number of carbonyl (C=O) groups excluding carboxylic acids is 1. The van der Waals surface area contributed by atoms with Gasteiger partial charge in [0.15, 0.2) is 0 Å². The van der Waals surface area contributed by atoms with Gasteiger partial charge in [-0.15, -0.1) is 0 Å². The van der Waals surface area contributed by atoms with Crippen molar-refractivity contribution >= 4 is 31.9 Å². The van der Waals surface area contributed by atoms with E-state index >= 15 is 0 Å². The van der Waals surface area contributed by atoms with Crippen LogP contribution in [-0.2, 0) is 10.0 Å². The first kappa shape index (κ1) is 14.1. The highest BCUT2D eigenvalue weighted by molar-refractivity contribution is 9.10. The van der Waals surface area contributed by atoms with E-state index in [0.29, 0.717) is 4.47 Å². The molecule has 0 unspecified atom stereocenters. The first-order valence-electron chi connectivity index (χ1n) is 4.54. The van der Waals surface area contributed by atoms with Crippen molar-refractivity contribution in [1.82, 2.24) is 5.32 Å². The predicted molar refractivity (Wildman–Crippen MR) is 64.4 cm³/mol. The van der Waals surface area contributed by atoms with Gasteiger partial charge in [-0.3, -0.25) is 4.79 Å². The summed E-state index contributed by atoms with van der Waals surface area (Å²) in [5.74, 6) is -1.78. The molecule has 3 N–H and O–H groups in total. The van der Waals surface area contributed by atoms with Crippen LogP contribution in [0.25, 0.3) is 0 Å². The van der Waals surface area contributed by atoms with Crippen LogP contribution in [0.1, 0.15) is 10.4 Å². The lowest BCUT2D eigenvalue weighted by molar-refractivity contribution is 0.0951. The number of rotatable bonds is 4. The summed E-state index contributed by atoms with van der Waals surface area (Å²) in [7, 11) is -3.64. The summed E-state index contributed by atoms with van der Waals surface area (Å²) in [6.07, 6.45) is 0. The molecule has 0 spiro atoms. The van der Waals surface area contributed by atoms with E-state index in [4.69, 9.17) is 5.14 Å². The Morgan fingerprint density at radius 3 is 2.65 bits per heavy atom. The number of halogens is 2. The molecule has 0 heterocycles. The second kappa shape index (κ2) is 5.56. The molecule has 1 aromatic rings. The Morgan fingerprint density at radius 2 is 2.12 bits per heavy atom. The Bertz CT molecular complexity index is 513. The van der Waals surface area contributed by atoms with E-state index < -0.39 is 27.5 Å². The zero-order valence-electron chi connectivity index (χ0n) is 8.61. The molecule has 0 bridgehead atoms. The number of nitrogens with one attached hydrogen (secondary N) is 1. The lowest BCUT2D eigenvalue weighted by atomic mass is 10.2. The molecule has 0 fully saturated rings. The van der Waals surface area contributed by atoms with Crippen molar-refractivity contribution < 1.29 is 17.6 Å². The molecule has 5 nitrogen and oxygen atoms in total. The molecular formula is C9H10BrFN2O3S. The van der Waals surface area contributed by atoms with Gasteiger partial charge in [-0.2, -0.15) is 0 Å². The van der Waals surface area contributed by atoms with Gasteiger partial charge < -0.3 is 5.32 Å². The molecule has 0 aliphatic heterocycles. The molecule has 1 amide bonds. The van der Waals surface area contributed by atoms with E-state index in [9.17, 15) is 17.6 Å². The molecule has 0 radical (unpaired) electrons. The van der Waals surface area contributed by atoms with Gasteiger partial charge in [-0.25, -0.2) is 17.9 Å². The minimum Gasteiger partial charge on any atom is -0.351 e. The number of nitrogens with two attached hydrogens (primary N) is 1. The first-order chi connectivity index (χ1) is 7.81. The van der Waals surface area contributed by atoms with Gasteiger partial charge in [0.1, 0.15) is 5.82 Å². The van der Waals surface area contributed by atoms with Crippen molar-refractivity contribution in [2.45, 2.75) is 0 Å². The van der Waals surface area contributed by atoms with Crippen molar-refractivity contribution in [1.29, 1.82) is 0 Å². The van der Waals surface area contributed by atoms with E-state index in [1.165, 1.54) is 12.1 Å². The monoisotopic (exact) mass is 324 g/mol. The minimum atomic E-state index is -3.64. The fraction of sp³-hybridized carbons (Fsp3) is 0.222. The maximum absolute atomic E-state index is 13.3. The zero-order valence-corrected chi connectivity index (χ0v) is 11.0.